The molecule has 3 heterocycles. The van der Waals surface area contributed by atoms with Gasteiger partial charge in [0.15, 0.2) is 0 Å². The molecule has 1 aromatic rings. The number of nitrogens with one attached hydrogen (secondary N) is 2. The lowest BCUT2D eigenvalue weighted by Gasteiger charge is -2.36. The molecule has 0 aromatic carbocycles. The van der Waals surface area contributed by atoms with E-state index in [9.17, 15) is 9.59 Å². The standard InChI is InChI=1S/C17H27N5O4/c1-10(2)17-21-20-15(26-17)7-12-8-18-16(24)13-6-11(9-22(12)13)19-14(23)4-5-25-3/h10-13H,4-9H2,1-3H3,(H,18,24)(H,19,23)/t11-,12+,13-/m0/s1. The molecule has 2 amide bonds. The van der Waals surface area contributed by atoms with Crippen molar-refractivity contribution in [3.05, 3.63) is 11.8 Å². The molecule has 0 unspecified atom stereocenters. The van der Waals surface area contributed by atoms with Crippen molar-refractivity contribution in [1.29, 1.82) is 0 Å². The van der Waals surface area contributed by atoms with Gasteiger partial charge in [-0.3, -0.25) is 14.5 Å². The maximum Gasteiger partial charge on any atom is 0.237 e. The molecule has 0 radical (unpaired) electrons. The second-order valence-electron chi connectivity index (χ2n) is 7.25. The molecule has 3 atom stereocenters. The van der Waals surface area contributed by atoms with Crippen molar-refractivity contribution in [2.75, 3.05) is 26.8 Å². The highest BCUT2D eigenvalue weighted by Gasteiger charge is 2.44. The van der Waals surface area contributed by atoms with Crippen LogP contribution in [0.25, 0.3) is 0 Å². The normalized spacial score (nSPS) is 26.0. The van der Waals surface area contributed by atoms with Crippen LogP contribution >= 0.6 is 0 Å². The van der Waals surface area contributed by atoms with E-state index >= 15 is 0 Å². The third-order valence-corrected chi connectivity index (χ3v) is 4.91. The average molecular weight is 365 g/mol. The first kappa shape index (κ1) is 18.8. The Balaban J connectivity index is 1.62. The summed E-state index contributed by atoms with van der Waals surface area (Å²) in [5, 5.41) is 14.2. The average Bonchev–Trinajstić information content (AvgIpc) is 3.23. The molecule has 26 heavy (non-hydrogen) atoms. The molecule has 2 fully saturated rings. The minimum atomic E-state index is -0.228. The predicted molar refractivity (Wildman–Crippen MR) is 92.4 cm³/mol. The number of ether oxygens (including phenoxy) is 1. The molecule has 9 nitrogen and oxygen atoms in total. The Bertz CT molecular complexity index is 647. The second-order valence-corrected chi connectivity index (χ2v) is 7.25. The van der Waals surface area contributed by atoms with Gasteiger partial charge in [0.25, 0.3) is 0 Å². The van der Waals surface area contributed by atoms with E-state index in [1.807, 2.05) is 13.8 Å². The van der Waals surface area contributed by atoms with Gasteiger partial charge in [0.1, 0.15) is 0 Å². The highest BCUT2D eigenvalue weighted by atomic mass is 16.5. The predicted octanol–water partition coefficient (Wildman–Crippen LogP) is -0.170. The smallest absolute Gasteiger partial charge is 0.237 e. The third-order valence-electron chi connectivity index (χ3n) is 4.91. The second kappa shape index (κ2) is 8.13. The molecular weight excluding hydrogens is 338 g/mol. The summed E-state index contributed by atoms with van der Waals surface area (Å²) in [7, 11) is 1.57. The lowest BCUT2D eigenvalue weighted by molar-refractivity contribution is -0.129. The van der Waals surface area contributed by atoms with Gasteiger partial charge in [-0.15, -0.1) is 10.2 Å². The van der Waals surface area contributed by atoms with E-state index in [4.69, 9.17) is 9.15 Å². The van der Waals surface area contributed by atoms with E-state index < -0.39 is 0 Å². The van der Waals surface area contributed by atoms with Crippen LogP contribution in [0.4, 0.5) is 0 Å². The quantitative estimate of drug-likeness (QED) is 0.690. The van der Waals surface area contributed by atoms with E-state index in [2.05, 4.69) is 25.7 Å². The lowest BCUT2D eigenvalue weighted by Crippen LogP contribution is -2.58. The molecule has 1 aromatic heterocycles. The number of piperazine rings is 1. The summed E-state index contributed by atoms with van der Waals surface area (Å²) in [6.07, 6.45) is 1.52. The fraction of sp³-hybridized carbons (Fsp3) is 0.765. The zero-order valence-corrected chi connectivity index (χ0v) is 15.5. The van der Waals surface area contributed by atoms with Gasteiger partial charge in [-0.05, 0) is 6.42 Å². The molecule has 2 saturated heterocycles. The van der Waals surface area contributed by atoms with Crippen LogP contribution in [0.2, 0.25) is 0 Å². The summed E-state index contributed by atoms with van der Waals surface area (Å²) in [5.74, 6) is 1.37. The van der Waals surface area contributed by atoms with E-state index in [0.29, 0.717) is 50.7 Å². The van der Waals surface area contributed by atoms with Crippen molar-refractivity contribution >= 4 is 11.8 Å². The van der Waals surface area contributed by atoms with E-state index in [1.165, 1.54) is 0 Å². The van der Waals surface area contributed by atoms with Gasteiger partial charge in [-0.25, -0.2) is 0 Å². The van der Waals surface area contributed by atoms with Crippen LogP contribution in [0, 0.1) is 0 Å². The van der Waals surface area contributed by atoms with Crippen LogP contribution in [0.3, 0.4) is 0 Å². The Labute approximate surface area is 152 Å². The fourth-order valence-electron chi connectivity index (χ4n) is 3.55. The summed E-state index contributed by atoms with van der Waals surface area (Å²) < 4.78 is 10.6. The first-order chi connectivity index (χ1) is 12.5. The van der Waals surface area contributed by atoms with Gasteiger partial charge < -0.3 is 19.8 Å². The summed E-state index contributed by atoms with van der Waals surface area (Å²) in [6, 6.07) is -0.183. The van der Waals surface area contributed by atoms with Crippen LogP contribution in [0.5, 0.6) is 0 Å². The number of fused-ring (bicyclic) bond motifs is 1. The summed E-state index contributed by atoms with van der Waals surface area (Å²) in [6.45, 7) is 5.59. The van der Waals surface area contributed by atoms with E-state index in [0.717, 1.165) is 0 Å². The first-order valence-corrected chi connectivity index (χ1v) is 9.12. The van der Waals surface area contributed by atoms with E-state index in [-0.39, 0.29) is 35.9 Å². The minimum absolute atomic E-state index is 0.0169. The topological polar surface area (TPSA) is 110 Å². The maximum atomic E-state index is 12.2. The van der Waals surface area contributed by atoms with Gasteiger partial charge >= 0.3 is 0 Å². The molecule has 0 spiro atoms. The highest BCUT2D eigenvalue weighted by Crippen LogP contribution is 2.26. The molecule has 2 N–H and O–H groups in total. The number of amides is 2. The van der Waals surface area contributed by atoms with Crippen LogP contribution < -0.4 is 10.6 Å². The minimum Gasteiger partial charge on any atom is -0.425 e. The molecule has 0 aliphatic carbocycles. The molecular formula is C17H27N5O4. The number of carbonyl (C=O) groups excluding carboxylic acids is 2. The molecule has 0 bridgehead atoms. The highest BCUT2D eigenvalue weighted by molar-refractivity contribution is 5.83. The van der Waals surface area contributed by atoms with Crippen molar-refractivity contribution in [3.63, 3.8) is 0 Å². The first-order valence-electron chi connectivity index (χ1n) is 9.12. The number of hydrogen-bond donors (Lipinski definition) is 2. The SMILES string of the molecule is COCCC(=O)N[C@H]1C[C@H]2C(=O)NC[C@@H](Cc3nnc(C(C)C)o3)N2C1. The Morgan fingerprint density at radius 2 is 2.27 bits per heavy atom. The molecule has 144 valence electrons. The van der Waals surface area contributed by atoms with Gasteiger partial charge in [0.05, 0.1) is 12.6 Å². The summed E-state index contributed by atoms with van der Waals surface area (Å²) in [4.78, 5) is 26.3. The zero-order valence-electron chi connectivity index (χ0n) is 15.5. The Morgan fingerprint density at radius 1 is 1.46 bits per heavy atom. The van der Waals surface area contributed by atoms with Gasteiger partial charge in [-0.1, -0.05) is 13.8 Å². The van der Waals surface area contributed by atoms with Crippen LogP contribution in [0.15, 0.2) is 4.42 Å². The maximum absolute atomic E-state index is 12.2. The zero-order chi connectivity index (χ0) is 18.7. The Hall–Kier alpha value is -2.00. The van der Waals surface area contributed by atoms with Crippen LogP contribution in [-0.2, 0) is 20.7 Å². The fourth-order valence-corrected chi connectivity index (χ4v) is 3.55. The number of carbonyl (C=O) groups is 2. The molecule has 2 aliphatic heterocycles. The monoisotopic (exact) mass is 365 g/mol. The van der Waals surface area contributed by atoms with E-state index in [1.54, 1.807) is 7.11 Å². The number of nitrogens with zero attached hydrogens (tertiary/aromatic N) is 3. The van der Waals surface area contributed by atoms with Gasteiger partial charge in [0.2, 0.25) is 23.6 Å². The molecule has 9 heteroatoms. The van der Waals surface area contributed by atoms with Crippen molar-refractivity contribution in [2.24, 2.45) is 0 Å². The molecule has 2 aliphatic rings. The van der Waals surface area contributed by atoms with Crippen LogP contribution in [0.1, 0.15) is 44.4 Å². The van der Waals surface area contributed by atoms with Crippen molar-refractivity contribution in [3.8, 4) is 0 Å². The van der Waals surface area contributed by atoms with Crippen molar-refractivity contribution in [2.45, 2.75) is 57.2 Å². The summed E-state index contributed by atoms with van der Waals surface area (Å²) in [5.41, 5.74) is 0. The Morgan fingerprint density at radius 3 is 2.96 bits per heavy atom. The summed E-state index contributed by atoms with van der Waals surface area (Å²) >= 11 is 0. The van der Waals surface area contributed by atoms with Gasteiger partial charge in [0, 0.05) is 51.0 Å². The van der Waals surface area contributed by atoms with Crippen molar-refractivity contribution in [1.82, 2.24) is 25.7 Å². The van der Waals surface area contributed by atoms with Crippen LogP contribution in [-0.4, -0.2) is 71.8 Å². The molecule has 3 rings (SSSR count). The Kier molecular flexibility index (Phi) is 5.87. The molecule has 0 saturated carbocycles. The van der Waals surface area contributed by atoms with Gasteiger partial charge in [-0.2, -0.15) is 0 Å². The number of hydrogen-bond acceptors (Lipinski definition) is 7. The number of rotatable bonds is 7. The largest absolute Gasteiger partial charge is 0.425 e. The number of methoxy groups -OCH3 is 1. The lowest BCUT2D eigenvalue weighted by atomic mass is 10.1. The third kappa shape index (κ3) is 4.21. The number of aromatic nitrogens is 2. The van der Waals surface area contributed by atoms with Crippen molar-refractivity contribution < 1.29 is 18.7 Å².